The van der Waals surface area contributed by atoms with Gasteiger partial charge in [-0.05, 0) is 67.5 Å². The number of hydrogen-bond donors (Lipinski definition) is 0. The molecule has 0 N–H and O–H groups in total. The zero-order valence-electron chi connectivity index (χ0n) is 15.3. The molecule has 0 radical (unpaired) electrons. The van der Waals surface area contributed by atoms with Crippen LogP contribution < -0.4 is 9.64 Å². The average Bonchev–Trinajstić information content (AvgIpc) is 2.78. The molecule has 2 aliphatic rings. The maximum atomic E-state index is 10.5. The fourth-order valence-electron chi connectivity index (χ4n) is 4.05. The van der Waals surface area contributed by atoms with Crippen molar-refractivity contribution < 1.29 is 9.66 Å². The molecule has 0 bridgehead atoms. The summed E-state index contributed by atoms with van der Waals surface area (Å²) in [7, 11) is 2.02. The minimum absolute atomic E-state index is 0.333. The van der Waals surface area contributed by atoms with Gasteiger partial charge in [0.15, 0.2) is 0 Å². The van der Waals surface area contributed by atoms with E-state index in [1.165, 1.54) is 6.08 Å². The maximum absolute atomic E-state index is 10.5. The van der Waals surface area contributed by atoms with Gasteiger partial charge in [0.2, 0.25) is 11.9 Å². The van der Waals surface area contributed by atoms with E-state index in [1.54, 1.807) is 0 Å². The van der Waals surface area contributed by atoms with Crippen molar-refractivity contribution in [3.63, 3.8) is 0 Å². The first-order valence-electron chi connectivity index (χ1n) is 8.62. The summed E-state index contributed by atoms with van der Waals surface area (Å²) in [5.74, 6) is 0.745. The van der Waals surface area contributed by atoms with E-state index >= 15 is 0 Å². The Morgan fingerprint density at radius 3 is 2.74 bits per heavy atom. The largest absolute Gasteiger partial charge is 0.463 e. The summed E-state index contributed by atoms with van der Waals surface area (Å²) in [6, 6.07) is 11.5. The van der Waals surface area contributed by atoms with Crippen LogP contribution in [0.2, 0.25) is 5.02 Å². The Kier molecular flexibility index (Phi) is 3.82. The number of nitrogens with zero attached hydrogens (tertiary/aromatic N) is 2. The summed E-state index contributed by atoms with van der Waals surface area (Å²) < 4.78 is 6.55. The third-order valence-corrected chi connectivity index (χ3v) is 5.80. The van der Waals surface area contributed by atoms with Crippen molar-refractivity contribution in [1.82, 2.24) is 0 Å². The van der Waals surface area contributed by atoms with E-state index in [2.05, 4.69) is 24.8 Å². The van der Waals surface area contributed by atoms with Crippen LogP contribution in [0.5, 0.6) is 5.75 Å². The molecule has 0 aromatic heterocycles. The molecule has 0 aliphatic carbocycles. The number of benzene rings is 2. The van der Waals surface area contributed by atoms with Crippen LogP contribution in [0.1, 0.15) is 30.5 Å². The number of anilines is 1. The lowest BCUT2D eigenvalue weighted by molar-refractivity contribution is -0.400. The van der Waals surface area contributed by atoms with E-state index < -0.39 is 10.6 Å². The lowest BCUT2D eigenvalue weighted by Gasteiger charge is -2.45. The van der Waals surface area contributed by atoms with Crippen LogP contribution in [-0.4, -0.2) is 17.7 Å². The van der Waals surface area contributed by atoms with Gasteiger partial charge in [0.1, 0.15) is 5.75 Å². The van der Waals surface area contributed by atoms with E-state index in [4.69, 9.17) is 16.3 Å². The second-order valence-corrected chi connectivity index (χ2v) is 7.81. The summed E-state index contributed by atoms with van der Waals surface area (Å²) in [5, 5.41) is 11.2. The van der Waals surface area contributed by atoms with Crippen LogP contribution in [0.4, 0.5) is 5.69 Å². The van der Waals surface area contributed by atoms with Crippen LogP contribution >= 0.6 is 11.6 Å². The Morgan fingerprint density at radius 1 is 1.22 bits per heavy atom. The van der Waals surface area contributed by atoms with Crippen LogP contribution in [0.3, 0.4) is 0 Å². The highest BCUT2D eigenvalue weighted by atomic mass is 35.5. The molecule has 2 aliphatic heterocycles. The van der Waals surface area contributed by atoms with E-state index in [1.807, 2.05) is 49.5 Å². The molecule has 5 nitrogen and oxygen atoms in total. The highest BCUT2D eigenvalue weighted by Gasteiger charge is 2.57. The summed E-state index contributed by atoms with van der Waals surface area (Å²) in [6.45, 7) is 4.30. The molecule has 1 atom stereocenters. The van der Waals surface area contributed by atoms with Crippen molar-refractivity contribution >= 4 is 29.4 Å². The average molecular weight is 383 g/mol. The van der Waals surface area contributed by atoms with Crippen molar-refractivity contribution in [3.8, 4) is 5.75 Å². The highest BCUT2D eigenvalue weighted by Crippen LogP contribution is 2.54. The summed E-state index contributed by atoms with van der Waals surface area (Å²) in [6.07, 6.45) is 6.49. The van der Waals surface area contributed by atoms with Gasteiger partial charge in [-0.3, -0.25) is 10.1 Å². The quantitative estimate of drug-likeness (QED) is 0.534. The van der Waals surface area contributed by atoms with E-state index in [0.29, 0.717) is 5.02 Å². The minimum atomic E-state index is -0.675. The Hall–Kier alpha value is -2.79. The van der Waals surface area contributed by atoms with Crippen molar-refractivity contribution in [2.45, 2.75) is 25.0 Å². The van der Waals surface area contributed by atoms with Crippen LogP contribution in [-0.2, 0) is 5.41 Å². The van der Waals surface area contributed by atoms with E-state index in [-0.39, 0.29) is 5.41 Å². The number of rotatable bonds is 2. The van der Waals surface area contributed by atoms with Crippen LogP contribution in [0.15, 0.2) is 48.7 Å². The first kappa shape index (κ1) is 17.6. The monoisotopic (exact) mass is 382 g/mol. The van der Waals surface area contributed by atoms with Gasteiger partial charge in [-0.25, -0.2) is 0 Å². The lowest BCUT2D eigenvalue weighted by atomic mass is 9.76. The van der Waals surface area contributed by atoms with Crippen molar-refractivity contribution in [1.29, 1.82) is 0 Å². The second-order valence-electron chi connectivity index (χ2n) is 7.38. The molecule has 4 rings (SSSR count). The van der Waals surface area contributed by atoms with Gasteiger partial charge in [-0.2, -0.15) is 0 Å². The van der Waals surface area contributed by atoms with Gasteiger partial charge in [0, 0.05) is 29.4 Å². The maximum Gasteiger partial charge on any atom is 0.235 e. The first-order valence-corrected chi connectivity index (χ1v) is 9.00. The van der Waals surface area contributed by atoms with Crippen molar-refractivity contribution in [3.05, 3.63) is 80.5 Å². The van der Waals surface area contributed by atoms with Crippen molar-refractivity contribution in [2.75, 3.05) is 11.9 Å². The predicted octanol–water partition coefficient (Wildman–Crippen LogP) is 5.12. The van der Waals surface area contributed by atoms with Gasteiger partial charge in [0.05, 0.1) is 10.3 Å². The number of likely N-dealkylation sites (N-methyl/N-ethyl adjacent to an activating group) is 1. The van der Waals surface area contributed by atoms with Gasteiger partial charge < -0.3 is 9.64 Å². The van der Waals surface area contributed by atoms with Crippen LogP contribution in [0.25, 0.3) is 12.2 Å². The third kappa shape index (κ3) is 2.53. The molecule has 6 heteroatoms. The molecule has 0 saturated carbocycles. The smallest absolute Gasteiger partial charge is 0.235 e. The Bertz CT molecular complexity index is 1010. The standard InChI is InChI=1S/C21H19ClN2O3/c1-20(2)17-13-16(22)5-6-18(17)23(3)21(20)10-8-15-12-14(9-11-24(25)26)4-7-19(15)27-21/h4-13H,1-3H3/b11-9+. The summed E-state index contributed by atoms with van der Waals surface area (Å²) >= 11 is 6.24. The molecular weight excluding hydrogens is 364 g/mol. The van der Waals surface area contributed by atoms with E-state index in [0.717, 1.165) is 34.3 Å². The molecule has 138 valence electrons. The summed E-state index contributed by atoms with van der Waals surface area (Å²) in [5.41, 5.74) is 2.86. The fraction of sp³-hybridized carbons (Fsp3) is 0.238. The predicted molar refractivity (Wildman–Crippen MR) is 108 cm³/mol. The lowest BCUT2D eigenvalue weighted by Crippen LogP contribution is -2.58. The molecular formula is C21H19ClN2O3. The van der Waals surface area contributed by atoms with Gasteiger partial charge in [-0.1, -0.05) is 17.7 Å². The molecule has 1 unspecified atom stereocenters. The number of halogens is 1. The SMILES string of the molecule is CN1c2ccc(Cl)cc2C(C)(C)C12C=Cc1cc(/C=C/[N+](=O)[O-])ccc1O2. The number of ether oxygens (including phenoxy) is 1. The highest BCUT2D eigenvalue weighted by molar-refractivity contribution is 6.30. The molecule has 2 aromatic carbocycles. The van der Waals surface area contributed by atoms with Crippen molar-refractivity contribution in [2.24, 2.45) is 0 Å². The molecule has 27 heavy (non-hydrogen) atoms. The molecule has 0 fully saturated rings. The molecule has 0 amide bonds. The normalized spacial score (nSPS) is 22.0. The minimum Gasteiger partial charge on any atom is -0.463 e. The zero-order valence-corrected chi connectivity index (χ0v) is 16.0. The number of nitro groups is 1. The van der Waals surface area contributed by atoms with Gasteiger partial charge in [-0.15, -0.1) is 0 Å². The first-order chi connectivity index (χ1) is 12.7. The summed E-state index contributed by atoms with van der Waals surface area (Å²) in [4.78, 5) is 12.2. The topological polar surface area (TPSA) is 55.6 Å². The number of hydrogen-bond acceptors (Lipinski definition) is 4. The second kappa shape index (κ2) is 5.86. The Balaban J connectivity index is 1.76. The van der Waals surface area contributed by atoms with Crippen LogP contribution in [0, 0.1) is 10.1 Å². The van der Waals surface area contributed by atoms with Gasteiger partial charge in [0.25, 0.3) is 0 Å². The zero-order chi connectivity index (χ0) is 19.4. The molecule has 2 aromatic rings. The molecule has 1 spiro atoms. The third-order valence-electron chi connectivity index (χ3n) is 5.56. The van der Waals surface area contributed by atoms with E-state index in [9.17, 15) is 10.1 Å². The Morgan fingerprint density at radius 2 is 2.00 bits per heavy atom. The van der Waals surface area contributed by atoms with Gasteiger partial charge >= 0.3 is 0 Å². The molecule has 2 heterocycles. The fourth-order valence-corrected chi connectivity index (χ4v) is 4.23. The number of fused-ring (bicyclic) bond motifs is 2. The Labute approximate surface area is 162 Å². The molecule has 0 saturated heterocycles.